The van der Waals surface area contributed by atoms with Gasteiger partial charge in [-0.3, -0.25) is 4.79 Å². The number of rotatable bonds is 10. The van der Waals surface area contributed by atoms with E-state index >= 15 is 0 Å². The lowest BCUT2D eigenvalue weighted by atomic mass is 9.91. The van der Waals surface area contributed by atoms with Crippen LogP contribution in [0.15, 0.2) is 42.6 Å². The van der Waals surface area contributed by atoms with Crippen LogP contribution in [0, 0.1) is 31.5 Å². The summed E-state index contributed by atoms with van der Waals surface area (Å²) < 4.78 is 43.3. The fourth-order valence-corrected chi connectivity index (χ4v) is 6.75. The number of hydrogen-bond donors (Lipinski definition) is 1. The number of ether oxygens (including phenoxy) is 1. The Balaban J connectivity index is 1.27. The van der Waals surface area contributed by atoms with Crippen LogP contribution in [0.2, 0.25) is 0 Å². The summed E-state index contributed by atoms with van der Waals surface area (Å²) in [5, 5.41) is 9.30. The number of nitrogens with zero attached hydrogens (tertiary/aromatic N) is 1. The monoisotopic (exact) mass is 537 g/mol. The Morgan fingerprint density at radius 2 is 1.87 bits per heavy atom. The van der Waals surface area contributed by atoms with Gasteiger partial charge < -0.3 is 9.84 Å². The molecule has 1 aromatic heterocycles. The number of pyridine rings is 1. The first-order valence-corrected chi connectivity index (χ1v) is 15.0. The van der Waals surface area contributed by atoms with Crippen molar-refractivity contribution in [1.29, 1.82) is 0 Å². The average molecular weight is 538 g/mol. The van der Waals surface area contributed by atoms with Crippen molar-refractivity contribution in [3.63, 3.8) is 0 Å². The number of aliphatic carboxylic acids is 1. The molecule has 0 aliphatic heterocycles. The molecule has 38 heavy (non-hydrogen) atoms. The lowest BCUT2D eigenvalue weighted by molar-refractivity contribution is -0.139. The Hall–Kier alpha value is -3.26. The third kappa shape index (κ3) is 5.46. The molecule has 1 heterocycles. The molecule has 8 heteroatoms. The molecule has 1 N–H and O–H groups in total. The second-order valence-electron chi connectivity index (χ2n) is 10.8. The number of aromatic nitrogens is 1. The van der Waals surface area contributed by atoms with Crippen LogP contribution in [-0.2, 0) is 34.1 Å². The van der Waals surface area contributed by atoms with Crippen molar-refractivity contribution in [2.24, 2.45) is 11.8 Å². The molecule has 5 rings (SSSR count). The highest BCUT2D eigenvalue weighted by atomic mass is 32.2. The van der Waals surface area contributed by atoms with Crippen molar-refractivity contribution in [1.82, 2.24) is 4.98 Å². The van der Waals surface area contributed by atoms with Gasteiger partial charge >= 0.3 is 5.97 Å². The molecule has 1 saturated carbocycles. The Morgan fingerprint density at radius 1 is 1.13 bits per heavy atom. The summed E-state index contributed by atoms with van der Waals surface area (Å²) in [7, 11) is -2.94. The molecule has 200 valence electrons. The molecule has 3 atom stereocenters. The van der Waals surface area contributed by atoms with Crippen molar-refractivity contribution >= 4 is 15.8 Å². The van der Waals surface area contributed by atoms with Crippen LogP contribution in [0.1, 0.15) is 52.1 Å². The second-order valence-corrected chi connectivity index (χ2v) is 13.0. The van der Waals surface area contributed by atoms with E-state index in [1.165, 1.54) is 12.3 Å². The molecular weight excluding hydrogens is 505 g/mol. The maximum absolute atomic E-state index is 14.7. The zero-order valence-electron chi connectivity index (χ0n) is 21.8. The molecule has 2 aliphatic carbocycles. The fraction of sp³-hybridized carbons (Fsp3) is 0.400. The SMILES string of the molecule is Cc1cc(CCCCS(C)(=O)=O)cc(C)c1-c1ccc(F)c(COc2cc3c(cn2)C2C(C3)C2C(=O)O)c1. The number of halogens is 1. The second kappa shape index (κ2) is 10.1. The average Bonchev–Trinajstić information content (AvgIpc) is 3.43. The molecule has 3 unspecified atom stereocenters. The highest BCUT2D eigenvalue weighted by Crippen LogP contribution is 2.61. The Kier molecular flexibility index (Phi) is 7.03. The minimum atomic E-state index is -2.94. The van der Waals surface area contributed by atoms with E-state index < -0.39 is 15.8 Å². The lowest BCUT2D eigenvalue weighted by Gasteiger charge is -2.15. The van der Waals surface area contributed by atoms with Crippen LogP contribution in [0.5, 0.6) is 5.88 Å². The van der Waals surface area contributed by atoms with Gasteiger partial charge in [0.1, 0.15) is 22.3 Å². The van der Waals surface area contributed by atoms with E-state index in [2.05, 4.69) is 17.1 Å². The third-order valence-electron chi connectivity index (χ3n) is 7.80. The molecule has 0 amide bonds. The Morgan fingerprint density at radius 3 is 2.55 bits per heavy atom. The highest BCUT2D eigenvalue weighted by Gasteiger charge is 2.59. The number of carboxylic acid groups (broad SMARTS) is 1. The zero-order chi connectivity index (χ0) is 27.2. The first-order valence-electron chi connectivity index (χ1n) is 12.9. The summed E-state index contributed by atoms with van der Waals surface area (Å²) >= 11 is 0. The van der Waals surface area contributed by atoms with E-state index in [-0.39, 0.29) is 35.9 Å². The van der Waals surface area contributed by atoms with Gasteiger partial charge in [-0.25, -0.2) is 17.8 Å². The number of unbranched alkanes of at least 4 members (excludes halogenated alkanes) is 1. The van der Waals surface area contributed by atoms with Crippen molar-refractivity contribution in [2.75, 3.05) is 12.0 Å². The molecule has 0 saturated heterocycles. The first-order chi connectivity index (χ1) is 18.0. The molecule has 3 aromatic rings. The van der Waals surface area contributed by atoms with Gasteiger partial charge in [-0.1, -0.05) is 18.2 Å². The number of fused-ring (bicyclic) bond motifs is 3. The van der Waals surface area contributed by atoms with Crippen LogP contribution in [0.3, 0.4) is 0 Å². The van der Waals surface area contributed by atoms with Gasteiger partial charge in [-0.2, -0.15) is 0 Å². The van der Waals surface area contributed by atoms with Crippen molar-refractivity contribution in [3.8, 4) is 17.0 Å². The van der Waals surface area contributed by atoms with Crippen LogP contribution < -0.4 is 4.74 Å². The van der Waals surface area contributed by atoms with E-state index in [0.717, 1.165) is 51.8 Å². The van der Waals surface area contributed by atoms with Crippen molar-refractivity contribution in [2.45, 2.75) is 52.1 Å². The molecule has 0 bridgehead atoms. The van der Waals surface area contributed by atoms with Crippen LogP contribution >= 0.6 is 0 Å². The summed E-state index contributed by atoms with van der Waals surface area (Å²) in [5.41, 5.74) is 7.78. The molecule has 6 nitrogen and oxygen atoms in total. The quantitative estimate of drug-likeness (QED) is 0.347. The van der Waals surface area contributed by atoms with E-state index in [1.807, 2.05) is 26.0 Å². The molecule has 2 aliphatic rings. The van der Waals surface area contributed by atoms with Crippen molar-refractivity contribution < 1.29 is 27.4 Å². The van der Waals surface area contributed by atoms with E-state index in [0.29, 0.717) is 24.3 Å². The minimum absolute atomic E-state index is 0.0343. The van der Waals surface area contributed by atoms with Gasteiger partial charge in [-0.15, -0.1) is 0 Å². The number of aryl methyl sites for hydroxylation is 3. The van der Waals surface area contributed by atoms with Gasteiger partial charge in [0.2, 0.25) is 5.88 Å². The van der Waals surface area contributed by atoms with Gasteiger partial charge in [-0.05, 0) is 96.5 Å². The summed E-state index contributed by atoms with van der Waals surface area (Å²) in [4.78, 5) is 15.7. The molecule has 2 aromatic carbocycles. The normalized spacial score (nSPS) is 19.6. The Labute approximate surface area is 222 Å². The summed E-state index contributed by atoms with van der Waals surface area (Å²) in [6.07, 6.45) is 5.95. The smallest absolute Gasteiger partial charge is 0.307 e. The standard InChI is InChI=1S/C30H32FNO5S/c1-17-10-19(6-4-5-9-38(3,35)36)11-18(2)27(17)20-7-8-25(31)22(12-20)16-37-26-14-21-13-23-28(24(21)15-32-26)29(23)30(33)34/h7-8,10-12,14-15,23,28-29H,4-6,9,13,16H2,1-3H3,(H,33,34). The van der Waals surface area contributed by atoms with Crippen LogP contribution in [0.4, 0.5) is 4.39 Å². The van der Waals surface area contributed by atoms with Crippen LogP contribution in [-0.4, -0.2) is 36.5 Å². The minimum Gasteiger partial charge on any atom is -0.481 e. The number of benzene rings is 2. The predicted octanol–water partition coefficient (Wildman–Crippen LogP) is 5.42. The first kappa shape index (κ1) is 26.4. The van der Waals surface area contributed by atoms with Gasteiger partial charge in [0, 0.05) is 35.8 Å². The van der Waals surface area contributed by atoms with Gasteiger partial charge in [0.15, 0.2) is 0 Å². The van der Waals surface area contributed by atoms with E-state index in [4.69, 9.17) is 4.74 Å². The molecule has 0 radical (unpaired) electrons. The largest absolute Gasteiger partial charge is 0.481 e. The lowest BCUT2D eigenvalue weighted by Crippen LogP contribution is -2.06. The third-order valence-corrected chi connectivity index (χ3v) is 8.83. The van der Waals surface area contributed by atoms with Crippen molar-refractivity contribution in [3.05, 3.63) is 81.8 Å². The number of carboxylic acids is 1. The number of hydrogen-bond acceptors (Lipinski definition) is 5. The maximum Gasteiger partial charge on any atom is 0.307 e. The highest BCUT2D eigenvalue weighted by molar-refractivity contribution is 7.90. The topological polar surface area (TPSA) is 93.6 Å². The summed E-state index contributed by atoms with van der Waals surface area (Å²) in [6.45, 7) is 4.11. The maximum atomic E-state index is 14.7. The number of sulfone groups is 1. The zero-order valence-corrected chi connectivity index (χ0v) is 22.6. The van der Waals surface area contributed by atoms with Crippen LogP contribution in [0.25, 0.3) is 11.1 Å². The van der Waals surface area contributed by atoms with E-state index in [9.17, 15) is 22.7 Å². The summed E-state index contributed by atoms with van der Waals surface area (Å²) in [6, 6.07) is 11.1. The Bertz CT molecular complexity index is 1490. The molecular formula is C30H32FNO5S. The fourth-order valence-electron chi connectivity index (χ4n) is 6.02. The van der Waals surface area contributed by atoms with Gasteiger partial charge in [0.05, 0.1) is 5.92 Å². The predicted molar refractivity (Wildman–Crippen MR) is 144 cm³/mol. The number of carbonyl (C=O) groups is 1. The summed E-state index contributed by atoms with van der Waals surface area (Å²) in [5.74, 6) is -0.564. The molecule has 0 spiro atoms. The van der Waals surface area contributed by atoms with E-state index in [1.54, 1.807) is 12.3 Å². The molecule has 1 fully saturated rings. The van der Waals surface area contributed by atoms with Gasteiger partial charge in [0.25, 0.3) is 0 Å².